The van der Waals surface area contributed by atoms with Gasteiger partial charge < -0.3 is 15.5 Å². The van der Waals surface area contributed by atoms with E-state index in [1.807, 2.05) is 18.7 Å². The number of carbonyl (C=O) groups excluding carboxylic acids is 2. The summed E-state index contributed by atoms with van der Waals surface area (Å²) < 4.78 is 26.8. The van der Waals surface area contributed by atoms with Gasteiger partial charge >= 0.3 is 0 Å². The number of nitrogens with zero attached hydrogens (tertiary/aromatic N) is 2. The predicted molar refractivity (Wildman–Crippen MR) is 131 cm³/mol. The second-order valence-corrected chi connectivity index (χ2v) is 9.33. The third-order valence-corrected chi connectivity index (χ3v) is 6.40. The third-order valence-electron chi connectivity index (χ3n) is 6.40. The maximum absolute atomic E-state index is 13.9. The van der Waals surface area contributed by atoms with E-state index in [1.165, 1.54) is 37.1 Å². The lowest BCUT2D eigenvalue weighted by atomic mass is 10.00. The van der Waals surface area contributed by atoms with Crippen molar-refractivity contribution in [1.82, 2.24) is 9.80 Å². The standard InChI is InChI=1S/C15H20FNO.C12H15FN2O/c1-11(2)13-7-6-12(10-14(13)16)15(18)17-8-4-3-5-9-17;13-10-5-4-9(8-11(10)14)12(16)15-6-2-1-3-7-15/h6-7,10-11H,3-5,8-9H2,1-2H3;4-5,8H,1-3,6-7,14H2. The Morgan fingerprint density at radius 2 is 1.21 bits per heavy atom. The molecule has 2 N–H and O–H groups in total. The largest absolute Gasteiger partial charge is 0.396 e. The monoisotopic (exact) mass is 471 g/mol. The number of amides is 2. The highest BCUT2D eigenvalue weighted by molar-refractivity contribution is 5.95. The summed E-state index contributed by atoms with van der Waals surface area (Å²) in [6, 6.07) is 9.00. The van der Waals surface area contributed by atoms with Crippen molar-refractivity contribution in [3.8, 4) is 0 Å². The second-order valence-electron chi connectivity index (χ2n) is 9.33. The number of likely N-dealkylation sites (tertiary alicyclic amines) is 2. The first-order chi connectivity index (χ1) is 16.3. The van der Waals surface area contributed by atoms with Gasteiger partial charge in [-0.2, -0.15) is 0 Å². The van der Waals surface area contributed by atoms with Gasteiger partial charge in [-0.25, -0.2) is 8.78 Å². The summed E-state index contributed by atoms with van der Waals surface area (Å²) >= 11 is 0. The fourth-order valence-electron chi connectivity index (χ4n) is 4.36. The molecular formula is C27H35F2N3O2. The van der Waals surface area contributed by atoms with Crippen LogP contribution in [0, 0.1) is 11.6 Å². The van der Waals surface area contributed by atoms with Gasteiger partial charge in [-0.1, -0.05) is 19.9 Å². The fraction of sp³-hybridized carbons (Fsp3) is 0.481. The minimum Gasteiger partial charge on any atom is -0.396 e. The van der Waals surface area contributed by atoms with Crippen LogP contribution in [0.25, 0.3) is 0 Å². The molecule has 0 spiro atoms. The van der Waals surface area contributed by atoms with Crippen LogP contribution in [0.3, 0.4) is 0 Å². The fourth-order valence-corrected chi connectivity index (χ4v) is 4.36. The Balaban J connectivity index is 0.000000192. The molecule has 2 aliphatic rings. The van der Waals surface area contributed by atoms with Crippen molar-refractivity contribution in [1.29, 1.82) is 0 Å². The van der Waals surface area contributed by atoms with Gasteiger partial charge in [0.05, 0.1) is 5.69 Å². The first-order valence-corrected chi connectivity index (χ1v) is 12.2. The van der Waals surface area contributed by atoms with Gasteiger partial charge in [-0.3, -0.25) is 9.59 Å². The number of nitrogens with two attached hydrogens (primary N) is 1. The average molecular weight is 472 g/mol. The molecule has 5 nitrogen and oxygen atoms in total. The summed E-state index contributed by atoms with van der Waals surface area (Å²) in [4.78, 5) is 27.8. The molecule has 0 bridgehead atoms. The SMILES string of the molecule is CC(C)c1ccc(C(=O)N2CCCCC2)cc1F.Nc1cc(C(=O)N2CCCCC2)ccc1F. The smallest absolute Gasteiger partial charge is 0.253 e. The van der Waals surface area contributed by atoms with Crippen molar-refractivity contribution in [2.75, 3.05) is 31.9 Å². The van der Waals surface area contributed by atoms with Crippen LogP contribution in [0.4, 0.5) is 14.5 Å². The van der Waals surface area contributed by atoms with E-state index in [9.17, 15) is 18.4 Å². The summed E-state index contributed by atoms with van der Waals surface area (Å²) in [6.45, 7) is 7.07. The minimum absolute atomic E-state index is 0.0304. The van der Waals surface area contributed by atoms with E-state index >= 15 is 0 Å². The molecule has 0 saturated carbocycles. The summed E-state index contributed by atoms with van der Waals surface area (Å²) in [5, 5.41) is 0. The molecule has 2 amide bonds. The number of rotatable bonds is 3. The molecule has 0 atom stereocenters. The number of hydrogen-bond donors (Lipinski definition) is 1. The maximum Gasteiger partial charge on any atom is 0.253 e. The lowest BCUT2D eigenvalue weighted by Gasteiger charge is -2.26. The number of hydrogen-bond acceptors (Lipinski definition) is 3. The maximum atomic E-state index is 13.9. The molecule has 0 aromatic heterocycles. The van der Waals surface area contributed by atoms with E-state index in [4.69, 9.17) is 5.73 Å². The van der Waals surface area contributed by atoms with Crippen molar-refractivity contribution < 1.29 is 18.4 Å². The van der Waals surface area contributed by atoms with Crippen LogP contribution in [-0.2, 0) is 0 Å². The number of anilines is 1. The lowest BCUT2D eigenvalue weighted by Crippen LogP contribution is -2.35. The van der Waals surface area contributed by atoms with Crippen LogP contribution in [0.1, 0.15) is 84.6 Å². The Kier molecular flexibility index (Phi) is 9.02. The van der Waals surface area contributed by atoms with E-state index in [-0.39, 0.29) is 29.2 Å². The molecule has 7 heteroatoms. The van der Waals surface area contributed by atoms with E-state index in [1.54, 1.807) is 17.0 Å². The highest BCUT2D eigenvalue weighted by Gasteiger charge is 2.20. The van der Waals surface area contributed by atoms with Crippen molar-refractivity contribution >= 4 is 17.5 Å². The zero-order chi connectivity index (χ0) is 24.7. The molecular weight excluding hydrogens is 436 g/mol. The van der Waals surface area contributed by atoms with Crippen LogP contribution in [-0.4, -0.2) is 47.8 Å². The molecule has 34 heavy (non-hydrogen) atoms. The van der Waals surface area contributed by atoms with Crippen LogP contribution >= 0.6 is 0 Å². The Hall–Kier alpha value is -2.96. The predicted octanol–water partition coefficient (Wildman–Crippen LogP) is 5.61. The van der Waals surface area contributed by atoms with E-state index in [0.29, 0.717) is 16.7 Å². The van der Waals surface area contributed by atoms with Crippen molar-refractivity contribution in [3.63, 3.8) is 0 Å². The van der Waals surface area contributed by atoms with Crippen molar-refractivity contribution in [2.45, 2.75) is 58.3 Å². The van der Waals surface area contributed by atoms with Crippen LogP contribution in [0.15, 0.2) is 36.4 Å². The zero-order valence-corrected chi connectivity index (χ0v) is 20.2. The zero-order valence-electron chi connectivity index (χ0n) is 20.2. The number of carbonyl (C=O) groups is 2. The third kappa shape index (κ3) is 6.55. The Bertz CT molecular complexity index is 997. The van der Waals surface area contributed by atoms with Crippen molar-refractivity contribution in [3.05, 3.63) is 64.7 Å². The topological polar surface area (TPSA) is 66.6 Å². The molecule has 4 rings (SSSR count). The number of benzene rings is 2. The normalized spacial score (nSPS) is 16.1. The van der Waals surface area contributed by atoms with E-state index in [2.05, 4.69) is 0 Å². The Morgan fingerprint density at radius 1 is 0.735 bits per heavy atom. The Labute approximate surface area is 200 Å². The molecule has 2 aromatic carbocycles. The van der Waals surface area contributed by atoms with Gasteiger partial charge in [0, 0.05) is 37.3 Å². The van der Waals surface area contributed by atoms with Gasteiger partial charge in [0.2, 0.25) is 0 Å². The first kappa shape index (κ1) is 25.7. The van der Waals surface area contributed by atoms with Crippen LogP contribution < -0.4 is 5.73 Å². The van der Waals surface area contributed by atoms with Crippen LogP contribution in [0.5, 0.6) is 0 Å². The summed E-state index contributed by atoms with van der Waals surface area (Å²) in [5.41, 5.74) is 7.09. The number of piperidine rings is 2. The van der Waals surface area contributed by atoms with Crippen LogP contribution in [0.2, 0.25) is 0 Å². The summed E-state index contributed by atoms with van der Waals surface area (Å²) in [6.07, 6.45) is 6.56. The second kappa shape index (κ2) is 12.0. The lowest BCUT2D eigenvalue weighted by molar-refractivity contribution is 0.0716. The van der Waals surface area contributed by atoms with Gasteiger partial charge in [-0.15, -0.1) is 0 Å². The summed E-state index contributed by atoms with van der Waals surface area (Å²) in [7, 11) is 0. The first-order valence-electron chi connectivity index (χ1n) is 12.2. The van der Waals surface area contributed by atoms with E-state index < -0.39 is 5.82 Å². The molecule has 2 aromatic rings. The Morgan fingerprint density at radius 3 is 1.65 bits per heavy atom. The minimum atomic E-state index is -0.477. The van der Waals surface area contributed by atoms with Gasteiger partial charge in [0.25, 0.3) is 11.8 Å². The van der Waals surface area contributed by atoms with Gasteiger partial charge in [0.15, 0.2) is 0 Å². The molecule has 2 saturated heterocycles. The molecule has 2 heterocycles. The molecule has 0 radical (unpaired) electrons. The number of nitrogen functional groups attached to an aromatic ring is 1. The molecule has 0 unspecified atom stereocenters. The van der Waals surface area contributed by atoms with E-state index in [0.717, 1.165) is 51.9 Å². The number of halogens is 2. The molecule has 184 valence electrons. The average Bonchev–Trinajstić information content (AvgIpc) is 2.86. The summed E-state index contributed by atoms with van der Waals surface area (Å²) in [5.74, 6) is -0.692. The highest BCUT2D eigenvalue weighted by atomic mass is 19.1. The van der Waals surface area contributed by atoms with Crippen molar-refractivity contribution in [2.24, 2.45) is 0 Å². The molecule has 2 fully saturated rings. The molecule has 2 aliphatic heterocycles. The van der Waals surface area contributed by atoms with Gasteiger partial charge in [-0.05, 0) is 80.3 Å². The highest BCUT2D eigenvalue weighted by Crippen LogP contribution is 2.21. The quantitative estimate of drug-likeness (QED) is 0.592. The molecule has 0 aliphatic carbocycles. The van der Waals surface area contributed by atoms with Gasteiger partial charge in [0.1, 0.15) is 11.6 Å².